The van der Waals surface area contributed by atoms with Crippen LogP contribution in [0.3, 0.4) is 0 Å². The van der Waals surface area contributed by atoms with E-state index in [-0.39, 0.29) is 17.3 Å². The second-order valence-electron chi connectivity index (χ2n) is 7.01. The van der Waals surface area contributed by atoms with E-state index in [4.69, 9.17) is 5.73 Å². The Kier molecular flexibility index (Phi) is 7.39. The number of nitrogens with zero attached hydrogens (tertiary/aromatic N) is 2. The molecule has 8 heteroatoms. The molecule has 7 nitrogen and oxygen atoms in total. The molecule has 0 aliphatic carbocycles. The number of sulfonamides is 1. The third kappa shape index (κ3) is 4.68. The summed E-state index contributed by atoms with van der Waals surface area (Å²) in [7, 11) is -3.57. The third-order valence-electron chi connectivity index (χ3n) is 5.73. The van der Waals surface area contributed by atoms with Crippen molar-refractivity contribution >= 4 is 21.6 Å². The quantitative estimate of drug-likeness (QED) is 0.697. The van der Waals surface area contributed by atoms with Gasteiger partial charge in [-0.1, -0.05) is 26.8 Å². The Morgan fingerprint density at radius 1 is 1.15 bits per heavy atom. The van der Waals surface area contributed by atoms with E-state index >= 15 is 0 Å². The number of benzene rings is 1. The molecule has 1 aromatic carbocycles. The van der Waals surface area contributed by atoms with Gasteiger partial charge in [0.25, 0.3) is 0 Å². The normalized spacial score (nSPS) is 17.0. The van der Waals surface area contributed by atoms with E-state index in [1.807, 2.05) is 13.8 Å². The van der Waals surface area contributed by atoms with E-state index in [2.05, 4.69) is 17.1 Å². The number of likely N-dealkylation sites (N-methyl/N-ethyl adjacent to an activating group) is 1. The van der Waals surface area contributed by atoms with Gasteiger partial charge < -0.3 is 16.0 Å². The molecule has 3 N–H and O–H groups in total. The van der Waals surface area contributed by atoms with Gasteiger partial charge in [-0.15, -0.1) is 0 Å². The van der Waals surface area contributed by atoms with Crippen LogP contribution >= 0.6 is 0 Å². The van der Waals surface area contributed by atoms with E-state index in [1.165, 1.54) is 10.4 Å². The molecule has 152 valence electrons. The zero-order chi connectivity index (χ0) is 20.1. The second-order valence-corrected chi connectivity index (χ2v) is 8.95. The van der Waals surface area contributed by atoms with Gasteiger partial charge >= 0.3 is 0 Å². The Balaban J connectivity index is 2.18. The molecule has 1 fully saturated rings. The van der Waals surface area contributed by atoms with Gasteiger partial charge in [0, 0.05) is 38.4 Å². The number of hydrogen-bond donors (Lipinski definition) is 2. The van der Waals surface area contributed by atoms with Gasteiger partial charge in [-0.05, 0) is 37.6 Å². The van der Waals surface area contributed by atoms with Crippen LogP contribution in [0.5, 0.6) is 0 Å². The minimum atomic E-state index is -3.57. The first kappa shape index (κ1) is 21.8. The minimum Gasteiger partial charge on any atom is -0.329 e. The summed E-state index contributed by atoms with van der Waals surface area (Å²) in [6.07, 6.45) is 1.26. The van der Waals surface area contributed by atoms with Crippen LogP contribution in [0, 0.1) is 5.41 Å². The number of anilines is 1. The van der Waals surface area contributed by atoms with Crippen LogP contribution in [0.4, 0.5) is 5.69 Å². The van der Waals surface area contributed by atoms with Gasteiger partial charge in [-0.25, -0.2) is 8.42 Å². The van der Waals surface area contributed by atoms with Gasteiger partial charge in [0.1, 0.15) is 0 Å². The molecule has 1 saturated heterocycles. The highest BCUT2D eigenvalue weighted by Gasteiger charge is 2.34. The molecule has 0 bridgehead atoms. The molecule has 1 aromatic rings. The topological polar surface area (TPSA) is 95.7 Å². The van der Waals surface area contributed by atoms with E-state index in [0.29, 0.717) is 31.6 Å². The predicted molar refractivity (Wildman–Crippen MR) is 108 cm³/mol. The van der Waals surface area contributed by atoms with Crippen molar-refractivity contribution in [2.24, 2.45) is 11.1 Å². The summed E-state index contributed by atoms with van der Waals surface area (Å²) >= 11 is 0. The summed E-state index contributed by atoms with van der Waals surface area (Å²) in [5.41, 5.74) is 5.68. The number of nitrogens with one attached hydrogen (secondary N) is 1. The van der Waals surface area contributed by atoms with E-state index in [0.717, 1.165) is 19.6 Å². The van der Waals surface area contributed by atoms with E-state index in [9.17, 15) is 13.2 Å². The zero-order valence-corrected chi connectivity index (χ0v) is 17.4. The lowest BCUT2D eigenvalue weighted by atomic mass is 9.81. The fraction of sp³-hybridized carbons (Fsp3) is 0.632. The molecule has 0 atom stereocenters. The first-order chi connectivity index (χ1) is 12.8. The third-order valence-corrected chi connectivity index (χ3v) is 7.63. The molecule has 0 unspecified atom stereocenters. The summed E-state index contributed by atoms with van der Waals surface area (Å²) in [5, 5.41) is 2.86. The Morgan fingerprint density at radius 2 is 1.78 bits per heavy atom. The molecule has 0 aromatic heterocycles. The van der Waals surface area contributed by atoms with Crippen LogP contribution in [0.2, 0.25) is 0 Å². The van der Waals surface area contributed by atoms with E-state index in [1.54, 1.807) is 18.2 Å². The second kappa shape index (κ2) is 9.14. The minimum absolute atomic E-state index is 0.166. The van der Waals surface area contributed by atoms with Crippen molar-refractivity contribution in [3.63, 3.8) is 0 Å². The lowest BCUT2D eigenvalue weighted by molar-refractivity contribution is -0.125. The number of carbonyl (C=O) groups is 1. The fourth-order valence-corrected chi connectivity index (χ4v) is 4.85. The number of piperazine rings is 1. The Hall–Kier alpha value is -1.48. The van der Waals surface area contributed by atoms with Gasteiger partial charge in [-0.3, -0.25) is 4.79 Å². The monoisotopic (exact) mass is 396 g/mol. The van der Waals surface area contributed by atoms with Crippen LogP contribution in [0.1, 0.15) is 33.6 Å². The zero-order valence-electron chi connectivity index (χ0n) is 16.6. The van der Waals surface area contributed by atoms with Crippen molar-refractivity contribution in [1.82, 2.24) is 9.21 Å². The molecular formula is C19H32N4O3S. The summed E-state index contributed by atoms with van der Waals surface area (Å²) in [5.74, 6) is -0.166. The molecule has 0 saturated carbocycles. The van der Waals surface area contributed by atoms with Gasteiger partial charge in [-0.2, -0.15) is 4.31 Å². The van der Waals surface area contributed by atoms with Crippen LogP contribution in [-0.2, 0) is 14.8 Å². The van der Waals surface area contributed by atoms with Crippen molar-refractivity contribution < 1.29 is 13.2 Å². The summed E-state index contributed by atoms with van der Waals surface area (Å²) in [6.45, 7) is 9.56. The van der Waals surface area contributed by atoms with Crippen molar-refractivity contribution in [3.8, 4) is 0 Å². The lowest BCUT2D eigenvalue weighted by Gasteiger charge is -2.33. The van der Waals surface area contributed by atoms with Gasteiger partial charge in [0.15, 0.2) is 0 Å². The van der Waals surface area contributed by atoms with Crippen molar-refractivity contribution in [2.45, 2.75) is 38.5 Å². The van der Waals surface area contributed by atoms with Crippen LogP contribution in [0.25, 0.3) is 0 Å². The van der Waals surface area contributed by atoms with Gasteiger partial charge in [0.05, 0.1) is 10.3 Å². The molecule has 0 spiro atoms. The van der Waals surface area contributed by atoms with E-state index < -0.39 is 15.4 Å². The first-order valence-electron chi connectivity index (χ1n) is 9.67. The largest absolute Gasteiger partial charge is 0.329 e. The number of amides is 1. The average Bonchev–Trinajstić information content (AvgIpc) is 2.70. The first-order valence-corrected chi connectivity index (χ1v) is 11.1. The van der Waals surface area contributed by atoms with Crippen molar-refractivity contribution in [1.29, 1.82) is 0 Å². The molecule has 27 heavy (non-hydrogen) atoms. The van der Waals surface area contributed by atoms with Crippen molar-refractivity contribution in [3.05, 3.63) is 24.3 Å². The highest BCUT2D eigenvalue weighted by molar-refractivity contribution is 7.89. The lowest BCUT2D eigenvalue weighted by Crippen LogP contribution is -2.48. The van der Waals surface area contributed by atoms with Crippen molar-refractivity contribution in [2.75, 3.05) is 44.6 Å². The highest BCUT2D eigenvalue weighted by atomic mass is 32.2. The Bertz CT molecular complexity index is 731. The molecular weight excluding hydrogens is 364 g/mol. The summed E-state index contributed by atoms with van der Waals surface area (Å²) in [6, 6.07) is 6.48. The SMILES string of the molecule is CCN1CCN(S(=O)(=O)c2cccc(NC(=O)C(CC)(CC)CN)c2)CC1. The summed E-state index contributed by atoms with van der Waals surface area (Å²) in [4.78, 5) is 15.1. The maximum Gasteiger partial charge on any atom is 0.243 e. The number of nitrogens with two attached hydrogens (primary N) is 1. The van der Waals surface area contributed by atoms with Crippen LogP contribution < -0.4 is 11.1 Å². The molecule has 1 heterocycles. The van der Waals surface area contributed by atoms with Gasteiger partial charge in [0.2, 0.25) is 15.9 Å². The molecule has 1 aliphatic rings. The average molecular weight is 397 g/mol. The summed E-state index contributed by atoms with van der Waals surface area (Å²) < 4.78 is 27.4. The number of rotatable bonds is 8. The number of hydrogen-bond acceptors (Lipinski definition) is 5. The maximum absolute atomic E-state index is 13.0. The smallest absolute Gasteiger partial charge is 0.243 e. The predicted octanol–water partition coefficient (Wildman–Crippen LogP) is 1.72. The molecule has 1 amide bonds. The number of carbonyl (C=O) groups excluding carboxylic acids is 1. The highest BCUT2D eigenvalue weighted by Crippen LogP contribution is 2.28. The Labute approximate surface area is 163 Å². The van der Waals surface area contributed by atoms with Crippen LogP contribution in [0.15, 0.2) is 29.2 Å². The molecule has 1 aliphatic heterocycles. The Morgan fingerprint density at radius 3 is 2.30 bits per heavy atom. The maximum atomic E-state index is 13.0. The molecule has 2 rings (SSSR count). The fourth-order valence-electron chi connectivity index (χ4n) is 3.39. The standard InChI is InChI=1S/C19H32N4O3S/c1-4-19(5-2,15-20)18(24)21-16-8-7-9-17(14-16)27(25,26)23-12-10-22(6-3)11-13-23/h7-9,14H,4-6,10-13,15,20H2,1-3H3,(H,21,24). The van der Waals surface area contributed by atoms with Crippen LogP contribution in [-0.4, -0.2) is 62.8 Å². The molecule has 0 radical (unpaired) electrons.